The summed E-state index contributed by atoms with van der Waals surface area (Å²) in [5.74, 6) is -0.293. The molecule has 0 aliphatic rings. The summed E-state index contributed by atoms with van der Waals surface area (Å²) < 4.78 is 28.7. The monoisotopic (exact) mass is 412 g/mol. The van der Waals surface area contributed by atoms with Crippen LogP contribution in [0.25, 0.3) is 5.69 Å². The van der Waals surface area contributed by atoms with Gasteiger partial charge in [0.15, 0.2) is 0 Å². The van der Waals surface area contributed by atoms with Gasteiger partial charge in [-0.2, -0.15) is 5.10 Å². The van der Waals surface area contributed by atoms with E-state index in [4.69, 9.17) is 0 Å². The molecule has 0 fully saturated rings. The molecule has 29 heavy (non-hydrogen) atoms. The first-order valence-electron chi connectivity index (χ1n) is 9.24. The summed E-state index contributed by atoms with van der Waals surface area (Å²) in [6, 6.07) is 15.5. The molecule has 0 unspecified atom stereocenters. The van der Waals surface area contributed by atoms with Gasteiger partial charge in [-0.1, -0.05) is 18.2 Å². The third kappa shape index (κ3) is 4.55. The molecule has 152 valence electrons. The minimum absolute atomic E-state index is 0.147. The van der Waals surface area contributed by atoms with Crippen molar-refractivity contribution >= 4 is 21.6 Å². The predicted octanol–water partition coefficient (Wildman–Crippen LogP) is 3.43. The van der Waals surface area contributed by atoms with Crippen LogP contribution in [0.3, 0.4) is 0 Å². The summed E-state index contributed by atoms with van der Waals surface area (Å²) in [4.78, 5) is 13.0. The maximum Gasteiger partial charge on any atom is 0.259 e. The quantitative estimate of drug-likeness (QED) is 0.649. The standard InChI is InChI=1S/C21H24N4O3S/c1-14(2)24-29(27,28)19-12-10-17(11-13-19)22-21(26)20-15(3)23-25(16(20)4)18-8-6-5-7-9-18/h5-14,24H,1-4H3,(H,22,26). The van der Waals surface area contributed by atoms with E-state index in [1.807, 2.05) is 37.3 Å². The van der Waals surface area contributed by atoms with E-state index < -0.39 is 10.0 Å². The maximum absolute atomic E-state index is 12.8. The number of aryl methyl sites for hydroxylation is 1. The summed E-state index contributed by atoms with van der Waals surface area (Å²) in [5, 5.41) is 7.30. The van der Waals surface area contributed by atoms with Gasteiger partial charge >= 0.3 is 0 Å². The van der Waals surface area contributed by atoms with Gasteiger partial charge in [0.25, 0.3) is 5.91 Å². The molecule has 3 aromatic rings. The van der Waals surface area contributed by atoms with Gasteiger partial charge in [0.05, 0.1) is 27.5 Å². The molecule has 3 rings (SSSR count). The lowest BCUT2D eigenvalue weighted by molar-refractivity contribution is 0.102. The molecular formula is C21H24N4O3S. The average molecular weight is 413 g/mol. The van der Waals surface area contributed by atoms with Crippen LogP contribution in [0.1, 0.15) is 35.6 Å². The summed E-state index contributed by atoms with van der Waals surface area (Å²) in [6.07, 6.45) is 0. The summed E-state index contributed by atoms with van der Waals surface area (Å²) in [6.45, 7) is 7.14. The number of benzene rings is 2. The highest BCUT2D eigenvalue weighted by atomic mass is 32.2. The Morgan fingerprint density at radius 3 is 2.21 bits per heavy atom. The minimum atomic E-state index is -3.57. The Labute approximate surface area is 170 Å². The number of nitrogens with zero attached hydrogens (tertiary/aromatic N) is 2. The maximum atomic E-state index is 12.8. The highest BCUT2D eigenvalue weighted by Crippen LogP contribution is 2.20. The minimum Gasteiger partial charge on any atom is -0.322 e. The van der Waals surface area contributed by atoms with Crippen molar-refractivity contribution in [3.63, 3.8) is 0 Å². The number of nitrogens with one attached hydrogen (secondary N) is 2. The highest BCUT2D eigenvalue weighted by Gasteiger charge is 2.20. The molecule has 2 N–H and O–H groups in total. The molecule has 0 spiro atoms. The van der Waals surface area contributed by atoms with Crippen molar-refractivity contribution in [2.24, 2.45) is 0 Å². The van der Waals surface area contributed by atoms with Crippen molar-refractivity contribution in [2.45, 2.75) is 38.6 Å². The van der Waals surface area contributed by atoms with E-state index in [-0.39, 0.29) is 16.8 Å². The van der Waals surface area contributed by atoms with E-state index in [0.717, 1.165) is 11.4 Å². The molecule has 0 radical (unpaired) electrons. The second-order valence-electron chi connectivity index (χ2n) is 7.05. The van der Waals surface area contributed by atoms with Crippen LogP contribution in [0, 0.1) is 13.8 Å². The Kier molecular flexibility index (Phi) is 5.86. The van der Waals surface area contributed by atoms with Crippen LogP contribution >= 0.6 is 0 Å². The fourth-order valence-corrected chi connectivity index (χ4v) is 4.33. The van der Waals surface area contributed by atoms with Crippen molar-refractivity contribution < 1.29 is 13.2 Å². The van der Waals surface area contributed by atoms with Gasteiger partial charge in [-0.05, 0) is 64.1 Å². The van der Waals surface area contributed by atoms with Gasteiger partial charge in [0, 0.05) is 11.7 Å². The number of aromatic nitrogens is 2. The number of amides is 1. The molecule has 8 heteroatoms. The molecule has 1 amide bonds. The van der Waals surface area contributed by atoms with Crippen molar-refractivity contribution in [2.75, 3.05) is 5.32 Å². The zero-order valence-corrected chi connectivity index (χ0v) is 17.6. The number of hydrogen-bond acceptors (Lipinski definition) is 4. The molecular weight excluding hydrogens is 388 g/mol. The Bertz CT molecular complexity index is 1120. The molecule has 0 bridgehead atoms. The SMILES string of the molecule is Cc1nn(-c2ccccc2)c(C)c1C(=O)Nc1ccc(S(=O)(=O)NC(C)C)cc1. The van der Waals surface area contributed by atoms with Crippen molar-refractivity contribution in [1.82, 2.24) is 14.5 Å². The molecule has 0 atom stereocenters. The lowest BCUT2D eigenvalue weighted by Gasteiger charge is -2.11. The van der Waals surface area contributed by atoms with Crippen molar-refractivity contribution in [1.29, 1.82) is 0 Å². The number of anilines is 1. The highest BCUT2D eigenvalue weighted by molar-refractivity contribution is 7.89. The Morgan fingerprint density at radius 1 is 1.00 bits per heavy atom. The molecule has 0 aliphatic carbocycles. The third-order valence-electron chi connectivity index (χ3n) is 4.33. The molecule has 7 nitrogen and oxygen atoms in total. The Morgan fingerprint density at radius 2 is 1.62 bits per heavy atom. The molecule has 0 saturated carbocycles. The van der Waals surface area contributed by atoms with E-state index in [1.165, 1.54) is 12.1 Å². The molecule has 0 aliphatic heterocycles. The summed E-state index contributed by atoms with van der Waals surface area (Å²) >= 11 is 0. The Balaban J connectivity index is 1.82. The van der Waals surface area contributed by atoms with Crippen LogP contribution < -0.4 is 10.0 Å². The topological polar surface area (TPSA) is 93.1 Å². The first-order chi connectivity index (χ1) is 13.7. The van der Waals surface area contributed by atoms with E-state index >= 15 is 0 Å². The van der Waals surface area contributed by atoms with Gasteiger partial charge in [0.1, 0.15) is 0 Å². The zero-order valence-electron chi connectivity index (χ0n) is 16.8. The lowest BCUT2D eigenvalue weighted by Crippen LogP contribution is -2.30. The van der Waals surface area contributed by atoms with Gasteiger partial charge < -0.3 is 5.32 Å². The lowest BCUT2D eigenvalue weighted by atomic mass is 10.1. The van der Waals surface area contributed by atoms with E-state index in [9.17, 15) is 13.2 Å². The first-order valence-corrected chi connectivity index (χ1v) is 10.7. The Hall–Kier alpha value is -2.97. The summed E-state index contributed by atoms with van der Waals surface area (Å²) in [5.41, 5.74) is 3.21. The normalized spacial score (nSPS) is 11.6. The molecule has 2 aromatic carbocycles. The van der Waals surface area contributed by atoms with Crippen LogP contribution in [0.5, 0.6) is 0 Å². The van der Waals surface area contributed by atoms with Gasteiger partial charge in [-0.25, -0.2) is 17.8 Å². The number of hydrogen-bond donors (Lipinski definition) is 2. The van der Waals surface area contributed by atoms with Crippen LogP contribution in [-0.2, 0) is 10.0 Å². The molecule has 1 aromatic heterocycles. The number of rotatable bonds is 6. The predicted molar refractivity (Wildman–Crippen MR) is 113 cm³/mol. The van der Waals surface area contributed by atoms with Gasteiger partial charge in [-0.3, -0.25) is 4.79 Å². The second kappa shape index (κ2) is 8.18. The number of para-hydroxylation sites is 1. The van der Waals surface area contributed by atoms with E-state index in [0.29, 0.717) is 16.9 Å². The number of sulfonamides is 1. The number of carbonyl (C=O) groups excluding carboxylic acids is 1. The number of carbonyl (C=O) groups is 1. The first kappa shape index (κ1) is 20.8. The molecule has 1 heterocycles. The van der Waals surface area contributed by atoms with Crippen molar-refractivity contribution in [3.05, 3.63) is 71.5 Å². The van der Waals surface area contributed by atoms with Crippen LogP contribution in [0.15, 0.2) is 59.5 Å². The third-order valence-corrected chi connectivity index (χ3v) is 6.01. The molecule has 0 saturated heterocycles. The average Bonchev–Trinajstić information content (AvgIpc) is 2.96. The van der Waals surface area contributed by atoms with E-state index in [1.54, 1.807) is 37.6 Å². The van der Waals surface area contributed by atoms with E-state index in [2.05, 4.69) is 15.1 Å². The largest absolute Gasteiger partial charge is 0.322 e. The summed E-state index contributed by atoms with van der Waals surface area (Å²) in [7, 11) is -3.57. The zero-order chi connectivity index (χ0) is 21.2. The van der Waals surface area contributed by atoms with Crippen LogP contribution in [-0.4, -0.2) is 30.1 Å². The van der Waals surface area contributed by atoms with Gasteiger partial charge in [-0.15, -0.1) is 0 Å². The van der Waals surface area contributed by atoms with Crippen LogP contribution in [0.4, 0.5) is 5.69 Å². The smallest absolute Gasteiger partial charge is 0.259 e. The second-order valence-corrected chi connectivity index (χ2v) is 8.76. The fraction of sp³-hybridized carbons (Fsp3) is 0.238. The van der Waals surface area contributed by atoms with Crippen LogP contribution in [0.2, 0.25) is 0 Å². The fourth-order valence-electron chi connectivity index (χ4n) is 3.08. The van der Waals surface area contributed by atoms with Crippen molar-refractivity contribution in [3.8, 4) is 5.69 Å². The van der Waals surface area contributed by atoms with Gasteiger partial charge in [0.2, 0.25) is 10.0 Å².